The minimum absolute atomic E-state index is 0.252. The smallest absolute Gasteiger partial charge is 0.413 e. The molecule has 1 aromatic heterocycles. The van der Waals surface area contributed by atoms with E-state index in [-0.39, 0.29) is 5.69 Å². The van der Waals surface area contributed by atoms with Gasteiger partial charge in [-0.1, -0.05) is 6.07 Å². The number of amides is 1. The minimum Gasteiger partial charge on any atom is -0.444 e. The van der Waals surface area contributed by atoms with E-state index in [4.69, 9.17) is 10.00 Å². The van der Waals surface area contributed by atoms with Crippen LogP contribution >= 0.6 is 0 Å². The van der Waals surface area contributed by atoms with Crippen LogP contribution in [-0.4, -0.2) is 16.7 Å². The molecule has 0 aromatic carbocycles. The number of hydrogen-bond donors (Lipinski definition) is 1. The van der Waals surface area contributed by atoms with Crippen LogP contribution in [-0.2, 0) is 4.74 Å². The predicted molar refractivity (Wildman–Crippen MR) is 63.5 cm³/mol. The summed E-state index contributed by atoms with van der Waals surface area (Å²) in [6.45, 7) is 7.12. The standard InChI is InChI=1S/C12H15N3O2/c1-8-5-6-9(7-13)14-10(8)15-11(16)17-12(2,3)4/h5-6H,1-4H3,(H,14,15,16). The highest BCUT2D eigenvalue weighted by molar-refractivity contribution is 5.84. The average Bonchev–Trinajstić information content (AvgIpc) is 2.18. The van der Waals surface area contributed by atoms with Crippen molar-refractivity contribution in [3.8, 4) is 6.07 Å². The molecule has 90 valence electrons. The van der Waals surface area contributed by atoms with Crippen LogP contribution in [0.5, 0.6) is 0 Å². The van der Waals surface area contributed by atoms with Crippen LogP contribution in [0.3, 0.4) is 0 Å². The fourth-order valence-electron chi connectivity index (χ4n) is 1.12. The summed E-state index contributed by atoms with van der Waals surface area (Å²) in [7, 11) is 0. The fourth-order valence-corrected chi connectivity index (χ4v) is 1.12. The Kier molecular flexibility index (Phi) is 3.69. The third-order valence-electron chi connectivity index (χ3n) is 1.83. The summed E-state index contributed by atoms with van der Waals surface area (Å²) in [6.07, 6.45) is -0.580. The molecule has 1 aromatic rings. The van der Waals surface area contributed by atoms with Gasteiger partial charge in [0.1, 0.15) is 23.2 Å². The van der Waals surface area contributed by atoms with E-state index in [0.29, 0.717) is 5.82 Å². The minimum atomic E-state index is -0.580. The zero-order valence-electron chi connectivity index (χ0n) is 10.4. The zero-order valence-corrected chi connectivity index (χ0v) is 10.4. The van der Waals surface area contributed by atoms with Gasteiger partial charge in [0.25, 0.3) is 0 Å². The first-order valence-electron chi connectivity index (χ1n) is 5.19. The molecule has 1 N–H and O–H groups in total. The highest BCUT2D eigenvalue weighted by atomic mass is 16.6. The van der Waals surface area contributed by atoms with Gasteiger partial charge in [-0.15, -0.1) is 0 Å². The predicted octanol–water partition coefficient (Wildman–Crippen LogP) is 2.61. The first kappa shape index (κ1) is 13.0. The van der Waals surface area contributed by atoms with Gasteiger partial charge in [0.15, 0.2) is 0 Å². The van der Waals surface area contributed by atoms with Crippen LogP contribution in [0.25, 0.3) is 0 Å². The number of ether oxygens (including phenoxy) is 1. The number of aryl methyl sites for hydroxylation is 1. The summed E-state index contributed by atoms with van der Waals surface area (Å²) >= 11 is 0. The molecule has 0 spiro atoms. The van der Waals surface area contributed by atoms with Gasteiger partial charge in [-0.2, -0.15) is 5.26 Å². The Morgan fingerprint density at radius 2 is 2.12 bits per heavy atom. The van der Waals surface area contributed by atoms with Crippen molar-refractivity contribution < 1.29 is 9.53 Å². The van der Waals surface area contributed by atoms with Crippen LogP contribution in [0.4, 0.5) is 10.6 Å². The molecule has 0 unspecified atom stereocenters. The summed E-state index contributed by atoms with van der Waals surface area (Å²) in [5, 5.41) is 11.2. The molecular formula is C12H15N3O2. The highest BCUT2D eigenvalue weighted by Crippen LogP contribution is 2.14. The van der Waals surface area contributed by atoms with E-state index < -0.39 is 11.7 Å². The molecule has 0 aliphatic heterocycles. The lowest BCUT2D eigenvalue weighted by atomic mass is 10.2. The molecule has 0 saturated heterocycles. The van der Waals surface area contributed by atoms with Gasteiger partial charge in [0.2, 0.25) is 0 Å². The Bertz CT molecular complexity index is 470. The molecule has 5 heteroatoms. The zero-order chi connectivity index (χ0) is 13.1. The Labute approximate surface area is 100 Å². The summed E-state index contributed by atoms with van der Waals surface area (Å²) < 4.78 is 5.10. The van der Waals surface area contributed by atoms with Crippen molar-refractivity contribution >= 4 is 11.9 Å². The van der Waals surface area contributed by atoms with E-state index in [0.717, 1.165) is 5.56 Å². The number of aromatic nitrogens is 1. The molecule has 0 radical (unpaired) electrons. The largest absolute Gasteiger partial charge is 0.444 e. The molecule has 0 aliphatic carbocycles. The van der Waals surface area contributed by atoms with E-state index >= 15 is 0 Å². The number of hydrogen-bond acceptors (Lipinski definition) is 4. The summed E-state index contributed by atoms with van der Waals surface area (Å²) in [5.74, 6) is 0.346. The highest BCUT2D eigenvalue weighted by Gasteiger charge is 2.17. The molecule has 0 fully saturated rings. The summed E-state index contributed by atoms with van der Waals surface area (Å²) in [5.41, 5.74) is 0.460. The van der Waals surface area contributed by atoms with E-state index in [1.807, 2.05) is 6.07 Å². The van der Waals surface area contributed by atoms with E-state index in [1.165, 1.54) is 0 Å². The third kappa shape index (κ3) is 4.11. The van der Waals surface area contributed by atoms with Crippen LogP contribution in [0, 0.1) is 18.3 Å². The summed E-state index contributed by atoms with van der Waals surface area (Å²) in [6, 6.07) is 5.23. The molecule has 1 rings (SSSR count). The van der Waals surface area contributed by atoms with Crippen molar-refractivity contribution in [1.29, 1.82) is 5.26 Å². The first-order valence-corrected chi connectivity index (χ1v) is 5.19. The van der Waals surface area contributed by atoms with Crippen molar-refractivity contribution in [1.82, 2.24) is 4.98 Å². The van der Waals surface area contributed by atoms with Gasteiger partial charge >= 0.3 is 6.09 Å². The summed E-state index contributed by atoms with van der Waals surface area (Å²) in [4.78, 5) is 15.5. The number of pyridine rings is 1. The lowest BCUT2D eigenvalue weighted by molar-refractivity contribution is 0.0635. The molecule has 0 saturated carbocycles. The van der Waals surface area contributed by atoms with Gasteiger partial charge in [-0.3, -0.25) is 5.32 Å². The van der Waals surface area contributed by atoms with Gasteiger partial charge in [0.05, 0.1) is 0 Å². The van der Waals surface area contributed by atoms with Crippen LogP contribution in [0.1, 0.15) is 32.0 Å². The maximum absolute atomic E-state index is 11.5. The van der Waals surface area contributed by atoms with Gasteiger partial charge < -0.3 is 4.74 Å². The molecule has 17 heavy (non-hydrogen) atoms. The van der Waals surface area contributed by atoms with Crippen molar-refractivity contribution in [2.24, 2.45) is 0 Å². The Balaban J connectivity index is 2.82. The van der Waals surface area contributed by atoms with Crippen molar-refractivity contribution in [2.45, 2.75) is 33.3 Å². The first-order chi connectivity index (χ1) is 7.81. The third-order valence-corrected chi connectivity index (χ3v) is 1.83. The van der Waals surface area contributed by atoms with Crippen molar-refractivity contribution in [2.75, 3.05) is 5.32 Å². The number of anilines is 1. The maximum Gasteiger partial charge on any atom is 0.413 e. The van der Waals surface area contributed by atoms with Crippen LogP contribution in [0.15, 0.2) is 12.1 Å². The number of nitriles is 1. The number of carbonyl (C=O) groups is 1. The van der Waals surface area contributed by atoms with E-state index in [9.17, 15) is 4.79 Å². The lowest BCUT2D eigenvalue weighted by Crippen LogP contribution is -2.27. The molecule has 5 nitrogen and oxygen atoms in total. The van der Waals surface area contributed by atoms with Crippen LogP contribution in [0.2, 0.25) is 0 Å². The molecule has 1 amide bonds. The number of rotatable bonds is 1. The number of nitrogens with one attached hydrogen (secondary N) is 1. The van der Waals surface area contributed by atoms with Gasteiger partial charge in [-0.25, -0.2) is 9.78 Å². The molecule has 0 bridgehead atoms. The Hall–Kier alpha value is -2.09. The normalized spacial score (nSPS) is 10.5. The van der Waals surface area contributed by atoms with Gasteiger partial charge in [-0.05, 0) is 39.3 Å². The fraction of sp³-hybridized carbons (Fsp3) is 0.417. The Morgan fingerprint density at radius 1 is 1.47 bits per heavy atom. The second-order valence-corrected chi connectivity index (χ2v) is 4.60. The van der Waals surface area contributed by atoms with E-state index in [2.05, 4.69) is 10.3 Å². The molecule has 0 atom stereocenters. The average molecular weight is 233 g/mol. The van der Waals surface area contributed by atoms with Crippen molar-refractivity contribution in [3.63, 3.8) is 0 Å². The second kappa shape index (κ2) is 4.83. The van der Waals surface area contributed by atoms with E-state index in [1.54, 1.807) is 39.8 Å². The monoisotopic (exact) mass is 233 g/mol. The van der Waals surface area contributed by atoms with Crippen LogP contribution < -0.4 is 5.32 Å². The molecular weight excluding hydrogens is 218 g/mol. The van der Waals surface area contributed by atoms with Gasteiger partial charge in [0, 0.05) is 0 Å². The Morgan fingerprint density at radius 3 is 2.65 bits per heavy atom. The number of nitrogens with zero attached hydrogens (tertiary/aromatic N) is 2. The quantitative estimate of drug-likeness (QED) is 0.809. The number of carbonyl (C=O) groups excluding carboxylic acids is 1. The lowest BCUT2D eigenvalue weighted by Gasteiger charge is -2.19. The van der Waals surface area contributed by atoms with Crippen molar-refractivity contribution in [3.05, 3.63) is 23.4 Å². The maximum atomic E-state index is 11.5. The molecule has 1 heterocycles. The second-order valence-electron chi connectivity index (χ2n) is 4.60. The topological polar surface area (TPSA) is 75.0 Å². The molecule has 0 aliphatic rings. The SMILES string of the molecule is Cc1ccc(C#N)nc1NC(=O)OC(C)(C)C.